The molecule has 92 valence electrons. The lowest BCUT2D eigenvalue weighted by Crippen LogP contribution is -2.25. The summed E-state index contributed by atoms with van der Waals surface area (Å²) in [5, 5.41) is 12.4. The Morgan fingerprint density at radius 2 is 2.24 bits per heavy atom. The maximum absolute atomic E-state index is 5.57. The number of nitrogens with one attached hydrogen (secondary N) is 1. The Bertz CT molecular complexity index is 477. The van der Waals surface area contributed by atoms with Crippen LogP contribution in [0.1, 0.15) is 24.7 Å². The Morgan fingerprint density at radius 3 is 2.88 bits per heavy atom. The molecule has 0 aliphatic rings. The van der Waals surface area contributed by atoms with Crippen molar-refractivity contribution >= 4 is 11.3 Å². The van der Waals surface area contributed by atoms with Gasteiger partial charge in [-0.2, -0.15) is 0 Å². The number of rotatable bonds is 5. The van der Waals surface area contributed by atoms with Crippen LogP contribution in [0.5, 0.6) is 0 Å². The van der Waals surface area contributed by atoms with Crippen LogP contribution < -0.4 is 5.32 Å². The fourth-order valence-corrected chi connectivity index (χ4v) is 2.08. The minimum atomic E-state index is 0.474. The van der Waals surface area contributed by atoms with Gasteiger partial charge in [-0.05, 0) is 6.92 Å². The molecule has 2 rings (SSSR count). The SMILES string of the molecule is Cc1ncc(-c2nnc(CCNC(C)C)o2)s1. The molecule has 5 nitrogen and oxygen atoms in total. The van der Waals surface area contributed by atoms with E-state index in [1.165, 1.54) is 0 Å². The zero-order valence-electron chi connectivity index (χ0n) is 10.2. The Morgan fingerprint density at radius 1 is 1.41 bits per heavy atom. The number of hydrogen-bond donors (Lipinski definition) is 1. The molecule has 2 aromatic rings. The summed E-state index contributed by atoms with van der Waals surface area (Å²) < 4.78 is 5.57. The van der Waals surface area contributed by atoms with Crippen LogP contribution in [-0.4, -0.2) is 27.8 Å². The minimum Gasteiger partial charge on any atom is -0.420 e. The first-order valence-corrected chi connectivity index (χ1v) is 6.45. The summed E-state index contributed by atoms with van der Waals surface area (Å²) in [6.07, 6.45) is 2.52. The average molecular weight is 252 g/mol. The molecule has 0 bridgehead atoms. The maximum Gasteiger partial charge on any atom is 0.259 e. The summed E-state index contributed by atoms with van der Waals surface area (Å²) in [6, 6.07) is 0.474. The van der Waals surface area contributed by atoms with Gasteiger partial charge in [0.1, 0.15) is 4.88 Å². The fourth-order valence-electron chi connectivity index (χ4n) is 1.38. The van der Waals surface area contributed by atoms with Crippen LogP contribution in [0.4, 0.5) is 0 Å². The molecule has 2 aromatic heterocycles. The van der Waals surface area contributed by atoms with Gasteiger partial charge in [-0.25, -0.2) is 4.98 Å². The van der Waals surface area contributed by atoms with E-state index >= 15 is 0 Å². The Balaban J connectivity index is 1.96. The Kier molecular flexibility index (Phi) is 3.86. The lowest BCUT2D eigenvalue weighted by atomic mass is 10.3. The molecular formula is C11H16N4OS. The number of hydrogen-bond acceptors (Lipinski definition) is 6. The van der Waals surface area contributed by atoms with E-state index < -0.39 is 0 Å². The molecule has 0 saturated heterocycles. The first-order chi connectivity index (χ1) is 8.15. The smallest absolute Gasteiger partial charge is 0.259 e. The average Bonchev–Trinajstić information content (AvgIpc) is 2.86. The van der Waals surface area contributed by atoms with Gasteiger partial charge < -0.3 is 9.73 Å². The third-order valence-corrected chi connectivity index (χ3v) is 3.09. The second-order valence-electron chi connectivity index (χ2n) is 4.10. The highest BCUT2D eigenvalue weighted by Crippen LogP contribution is 2.24. The maximum atomic E-state index is 5.57. The first kappa shape index (κ1) is 12.2. The van der Waals surface area contributed by atoms with Crippen molar-refractivity contribution in [2.24, 2.45) is 0 Å². The van der Waals surface area contributed by atoms with Crippen LogP contribution in [0.3, 0.4) is 0 Å². The molecule has 0 spiro atoms. The van der Waals surface area contributed by atoms with Crippen LogP contribution >= 0.6 is 11.3 Å². The van der Waals surface area contributed by atoms with E-state index in [-0.39, 0.29) is 0 Å². The zero-order valence-corrected chi connectivity index (χ0v) is 11.0. The molecule has 17 heavy (non-hydrogen) atoms. The summed E-state index contributed by atoms with van der Waals surface area (Å²) in [4.78, 5) is 5.09. The van der Waals surface area contributed by atoms with Gasteiger partial charge >= 0.3 is 0 Å². The van der Waals surface area contributed by atoms with Gasteiger partial charge in [0.05, 0.1) is 11.2 Å². The summed E-state index contributed by atoms with van der Waals surface area (Å²) in [6.45, 7) is 7.03. The molecule has 0 atom stereocenters. The van der Waals surface area contributed by atoms with Crippen molar-refractivity contribution < 1.29 is 4.42 Å². The van der Waals surface area contributed by atoms with Gasteiger partial charge in [-0.3, -0.25) is 0 Å². The molecule has 2 heterocycles. The molecular weight excluding hydrogens is 236 g/mol. The second-order valence-corrected chi connectivity index (χ2v) is 5.34. The minimum absolute atomic E-state index is 0.474. The summed E-state index contributed by atoms with van der Waals surface area (Å²) in [7, 11) is 0. The lowest BCUT2D eigenvalue weighted by molar-refractivity contribution is 0.485. The number of aromatic nitrogens is 3. The second kappa shape index (κ2) is 5.37. The summed E-state index contributed by atoms with van der Waals surface area (Å²) in [5.41, 5.74) is 0. The number of thiazole rings is 1. The molecule has 6 heteroatoms. The van der Waals surface area contributed by atoms with Crippen molar-refractivity contribution in [1.82, 2.24) is 20.5 Å². The molecule has 0 amide bonds. The summed E-state index contributed by atoms with van der Waals surface area (Å²) in [5.74, 6) is 1.23. The molecule has 0 unspecified atom stereocenters. The van der Waals surface area contributed by atoms with Gasteiger partial charge in [0.15, 0.2) is 0 Å². The third-order valence-electron chi connectivity index (χ3n) is 2.19. The van der Waals surface area contributed by atoms with Gasteiger partial charge in [0.25, 0.3) is 5.89 Å². The quantitative estimate of drug-likeness (QED) is 0.882. The van der Waals surface area contributed by atoms with Crippen molar-refractivity contribution in [3.8, 4) is 10.8 Å². The molecule has 0 saturated carbocycles. The fraction of sp³-hybridized carbons (Fsp3) is 0.545. The van der Waals surface area contributed by atoms with Crippen molar-refractivity contribution in [2.45, 2.75) is 33.2 Å². The molecule has 0 aliphatic heterocycles. The largest absolute Gasteiger partial charge is 0.420 e. The lowest BCUT2D eigenvalue weighted by Gasteiger charge is -2.04. The van der Waals surface area contributed by atoms with E-state index in [4.69, 9.17) is 4.42 Å². The van der Waals surface area contributed by atoms with E-state index in [1.54, 1.807) is 17.5 Å². The van der Waals surface area contributed by atoms with Crippen molar-refractivity contribution in [3.05, 3.63) is 17.1 Å². The molecule has 0 aromatic carbocycles. The van der Waals surface area contributed by atoms with Crippen molar-refractivity contribution in [1.29, 1.82) is 0 Å². The van der Waals surface area contributed by atoms with Crippen LogP contribution in [0.25, 0.3) is 10.8 Å². The predicted octanol–water partition coefficient (Wildman–Crippen LogP) is 2.04. The van der Waals surface area contributed by atoms with Gasteiger partial charge in [0, 0.05) is 19.0 Å². The highest BCUT2D eigenvalue weighted by atomic mass is 32.1. The molecule has 1 N–H and O–H groups in total. The van der Waals surface area contributed by atoms with Gasteiger partial charge in [-0.15, -0.1) is 21.5 Å². The van der Waals surface area contributed by atoms with Gasteiger partial charge in [-0.1, -0.05) is 13.8 Å². The number of nitrogens with zero attached hydrogens (tertiary/aromatic N) is 3. The predicted molar refractivity (Wildman–Crippen MR) is 67.0 cm³/mol. The Hall–Kier alpha value is -1.27. The normalized spacial score (nSPS) is 11.3. The van der Waals surface area contributed by atoms with Crippen LogP contribution in [0.2, 0.25) is 0 Å². The van der Waals surface area contributed by atoms with Gasteiger partial charge in [0.2, 0.25) is 5.89 Å². The zero-order chi connectivity index (χ0) is 12.3. The standard InChI is InChI=1S/C11H16N4OS/c1-7(2)12-5-4-10-14-15-11(16-10)9-6-13-8(3)17-9/h6-7,12H,4-5H2,1-3H3. The highest BCUT2D eigenvalue weighted by Gasteiger charge is 2.10. The van der Waals surface area contributed by atoms with E-state index in [0.29, 0.717) is 17.8 Å². The monoisotopic (exact) mass is 252 g/mol. The summed E-state index contributed by atoms with van der Waals surface area (Å²) >= 11 is 1.56. The van der Waals surface area contributed by atoms with E-state index in [0.717, 1.165) is 22.9 Å². The first-order valence-electron chi connectivity index (χ1n) is 5.63. The van der Waals surface area contributed by atoms with E-state index in [9.17, 15) is 0 Å². The van der Waals surface area contributed by atoms with Crippen LogP contribution in [0, 0.1) is 6.92 Å². The van der Waals surface area contributed by atoms with Crippen molar-refractivity contribution in [2.75, 3.05) is 6.54 Å². The molecule has 0 radical (unpaired) electrons. The highest BCUT2D eigenvalue weighted by molar-refractivity contribution is 7.14. The number of aryl methyl sites for hydroxylation is 1. The van der Waals surface area contributed by atoms with Crippen molar-refractivity contribution in [3.63, 3.8) is 0 Å². The van der Waals surface area contributed by atoms with E-state index in [2.05, 4.69) is 34.3 Å². The van der Waals surface area contributed by atoms with Crippen LogP contribution in [-0.2, 0) is 6.42 Å². The molecule has 0 aliphatic carbocycles. The van der Waals surface area contributed by atoms with E-state index in [1.807, 2.05) is 6.92 Å². The molecule has 0 fully saturated rings. The van der Waals surface area contributed by atoms with Crippen LogP contribution in [0.15, 0.2) is 10.6 Å². The third kappa shape index (κ3) is 3.34. The Labute approximate surface area is 104 Å². The topological polar surface area (TPSA) is 63.8 Å².